The maximum atomic E-state index is 13.7. The molecule has 2 unspecified atom stereocenters. The van der Waals surface area contributed by atoms with E-state index in [2.05, 4.69) is 26.0 Å². The number of nitrogens with zero attached hydrogens (tertiary/aromatic N) is 7. The number of tetrazole rings is 1. The van der Waals surface area contributed by atoms with Crippen LogP contribution < -0.4 is 11.2 Å². The normalized spacial score (nSPS) is 22.4. The zero-order valence-corrected chi connectivity index (χ0v) is 19.9. The van der Waals surface area contributed by atoms with Gasteiger partial charge in [-0.2, -0.15) is 5.21 Å². The zero-order valence-electron chi connectivity index (χ0n) is 19.9. The summed E-state index contributed by atoms with van der Waals surface area (Å²) in [6.45, 7) is 7.23. The van der Waals surface area contributed by atoms with Crippen molar-refractivity contribution >= 4 is 23.5 Å². The monoisotopic (exact) mass is 468 g/mol. The van der Waals surface area contributed by atoms with E-state index in [1.807, 2.05) is 45.0 Å². The topological polar surface area (TPSA) is 149 Å². The Bertz CT molecular complexity index is 1040. The van der Waals surface area contributed by atoms with E-state index in [0.717, 1.165) is 5.56 Å². The molecule has 3 heterocycles. The lowest BCUT2D eigenvalue weighted by Gasteiger charge is -2.50. The fourth-order valence-electron chi connectivity index (χ4n) is 4.75. The highest BCUT2D eigenvalue weighted by molar-refractivity contribution is 6.05. The summed E-state index contributed by atoms with van der Waals surface area (Å²) in [4.78, 5) is 35.5. The van der Waals surface area contributed by atoms with Crippen molar-refractivity contribution in [2.45, 2.75) is 58.2 Å². The van der Waals surface area contributed by atoms with E-state index >= 15 is 0 Å². The van der Waals surface area contributed by atoms with Gasteiger partial charge in [0.1, 0.15) is 5.84 Å². The minimum Gasteiger partial charge on any atom is -0.399 e. The van der Waals surface area contributed by atoms with Crippen LogP contribution in [0.2, 0.25) is 0 Å². The molecule has 1 aromatic heterocycles. The first-order valence-corrected chi connectivity index (χ1v) is 11.8. The molecule has 12 nitrogen and oxygen atoms in total. The summed E-state index contributed by atoms with van der Waals surface area (Å²) < 4.78 is 0. The number of hydrogen-bond acceptors (Lipinski definition) is 9. The number of nitrogen functional groups attached to an aromatic ring is 1. The average Bonchev–Trinajstić information content (AvgIpc) is 3.45. The largest absolute Gasteiger partial charge is 0.399 e. The predicted molar refractivity (Wildman–Crippen MR) is 126 cm³/mol. The van der Waals surface area contributed by atoms with Crippen LogP contribution in [0.5, 0.6) is 0 Å². The van der Waals surface area contributed by atoms with Crippen molar-refractivity contribution in [3.05, 3.63) is 35.7 Å². The van der Waals surface area contributed by atoms with Gasteiger partial charge in [-0.15, -0.1) is 10.2 Å². The lowest BCUT2D eigenvalue weighted by atomic mass is 9.91. The molecule has 0 radical (unpaired) electrons. The van der Waals surface area contributed by atoms with Crippen molar-refractivity contribution in [1.82, 2.24) is 40.9 Å². The summed E-state index contributed by atoms with van der Waals surface area (Å²) in [5.41, 5.74) is 9.83. The van der Waals surface area contributed by atoms with Crippen LogP contribution in [0.4, 0.5) is 10.5 Å². The number of carbonyl (C=O) groups is 2. The number of anilines is 1. The first kappa shape index (κ1) is 23.6. The Hall–Kier alpha value is -3.54. The van der Waals surface area contributed by atoms with Crippen LogP contribution >= 0.6 is 0 Å². The average molecular weight is 469 g/mol. The molecule has 34 heavy (non-hydrogen) atoms. The molecule has 1 fully saturated rings. The Morgan fingerprint density at radius 2 is 1.91 bits per heavy atom. The van der Waals surface area contributed by atoms with Crippen molar-refractivity contribution in [3.63, 3.8) is 0 Å². The molecule has 1 saturated heterocycles. The highest BCUT2D eigenvalue weighted by Gasteiger charge is 2.62. The van der Waals surface area contributed by atoms with E-state index < -0.39 is 11.7 Å². The number of aromatic nitrogens is 4. The van der Waals surface area contributed by atoms with Crippen molar-refractivity contribution in [2.24, 2.45) is 4.99 Å². The van der Waals surface area contributed by atoms with Crippen LogP contribution in [-0.4, -0.2) is 84.5 Å². The number of benzene rings is 1. The van der Waals surface area contributed by atoms with Crippen LogP contribution in [0.3, 0.4) is 0 Å². The standard InChI is InChI=1S/C22H32N10O2/c1-4-12-30-20(33)19-22(5-2,25-18(32(19)24-6-3)14-17-26-28-29-27-17)31(21(30)34)13-11-15-7-9-16(23)10-8-15/h7-10,19,24H,4-6,11-14,23H2,1-3H3,(H,26,27,28,29). The van der Waals surface area contributed by atoms with Crippen LogP contribution in [0, 0.1) is 0 Å². The maximum Gasteiger partial charge on any atom is 0.328 e. The molecular formula is C22H32N10O2. The fraction of sp³-hybridized carbons (Fsp3) is 0.545. The zero-order chi connectivity index (χ0) is 24.3. The molecule has 4 N–H and O–H groups in total. The van der Waals surface area contributed by atoms with Gasteiger partial charge in [0.2, 0.25) is 0 Å². The van der Waals surface area contributed by atoms with Gasteiger partial charge in [0.05, 0.1) is 6.42 Å². The van der Waals surface area contributed by atoms with E-state index in [1.165, 1.54) is 4.90 Å². The Balaban J connectivity index is 1.74. The number of hydrogen-bond donors (Lipinski definition) is 3. The van der Waals surface area contributed by atoms with Gasteiger partial charge >= 0.3 is 6.03 Å². The summed E-state index contributed by atoms with van der Waals surface area (Å²) in [6, 6.07) is 6.62. The van der Waals surface area contributed by atoms with Crippen molar-refractivity contribution in [3.8, 4) is 0 Å². The second kappa shape index (κ2) is 9.75. The third kappa shape index (κ3) is 4.09. The van der Waals surface area contributed by atoms with Crippen LogP contribution in [-0.2, 0) is 17.6 Å². The van der Waals surface area contributed by atoms with E-state index in [1.54, 1.807) is 9.91 Å². The smallest absolute Gasteiger partial charge is 0.328 e. The molecule has 182 valence electrons. The molecular weight excluding hydrogens is 436 g/mol. The third-order valence-electron chi connectivity index (χ3n) is 6.33. The Kier molecular flexibility index (Phi) is 6.77. The number of nitrogens with one attached hydrogen (secondary N) is 2. The molecule has 4 rings (SSSR count). The summed E-state index contributed by atoms with van der Waals surface area (Å²) in [6.07, 6.45) is 2.05. The molecule has 3 amide bonds. The second-order valence-electron chi connectivity index (χ2n) is 8.46. The van der Waals surface area contributed by atoms with Gasteiger partial charge < -0.3 is 5.73 Å². The van der Waals surface area contributed by atoms with Crippen LogP contribution in [0.15, 0.2) is 29.3 Å². The molecule has 0 spiro atoms. The van der Waals surface area contributed by atoms with Gasteiger partial charge in [-0.25, -0.2) is 15.2 Å². The SMILES string of the molecule is CCCN1C(=O)C2N(NCC)C(Cc3nn[nH]n3)=NC2(CC)N(CCc2ccc(N)cc2)C1=O. The van der Waals surface area contributed by atoms with Gasteiger partial charge in [-0.3, -0.25) is 19.6 Å². The molecule has 2 aromatic rings. The molecule has 0 bridgehead atoms. The summed E-state index contributed by atoms with van der Waals surface area (Å²) >= 11 is 0. The highest BCUT2D eigenvalue weighted by Crippen LogP contribution is 2.40. The Morgan fingerprint density at radius 1 is 1.15 bits per heavy atom. The third-order valence-corrected chi connectivity index (χ3v) is 6.33. The first-order valence-electron chi connectivity index (χ1n) is 11.8. The van der Waals surface area contributed by atoms with Crippen LogP contribution in [0.1, 0.15) is 45.0 Å². The van der Waals surface area contributed by atoms with E-state index in [0.29, 0.717) is 56.2 Å². The number of hydrazine groups is 1. The number of rotatable bonds is 10. The van der Waals surface area contributed by atoms with Gasteiger partial charge in [-0.1, -0.05) is 38.1 Å². The number of aromatic amines is 1. The van der Waals surface area contributed by atoms with Crippen molar-refractivity contribution in [2.75, 3.05) is 25.4 Å². The molecule has 0 saturated carbocycles. The molecule has 2 atom stereocenters. The highest BCUT2D eigenvalue weighted by atomic mass is 16.2. The predicted octanol–water partition coefficient (Wildman–Crippen LogP) is 0.955. The quantitative estimate of drug-likeness (QED) is 0.437. The first-order chi connectivity index (χ1) is 16.4. The van der Waals surface area contributed by atoms with Gasteiger partial charge in [-0.05, 0) is 37.0 Å². The molecule has 2 aliphatic rings. The van der Waals surface area contributed by atoms with Crippen molar-refractivity contribution in [1.29, 1.82) is 0 Å². The minimum absolute atomic E-state index is 0.245. The Morgan fingerprint density at radius 3 is 2.53 bits per heavy atom. The molecule has 1 aromatic carbocycles. The van der Waals surface area contributed by atoms with E-state index in [-0.39, 0.29) is 18.4 Å². The Labute approximate surface area is 198 Å². The second-order valence-corrected chi connectivity index (χ2v) is 8.46. The number of imide groups is 1. The van der Waals surface area contributed by atoms with Gasteiger partial charge in [0, 0.05) is 25.3 Å². The number of fused-ring (bicyclic) bond motifs is 1. The van der Waals surface area contributed by atoms with E-state index in [4.69, 9.17) is 10.7 Å². The van der Waals surface area contributed by atoms with Crippen molar-refractivity contribution < 1.29 is 9.59 Å². The van der Waals surface area contributed by atoms with E-state index in [9.17, 15) is 9.59 Å². The summed E-state index contributed by atoms with van der Waals surface area (Å²) in [5.74, 6) is 0.821. The number of carbonyl (C=O) groups excluding carboxylic acids is 2. The fourth-order valence-corrected chi connectivity index (χ4v) is 4.75. The maximum absolute atomic E-state index is 13.7. The van der Waals surface area contributed by atoms with Gasteiger partial charge in [0.15, 0.2) is 17.5 Å². The molecule has 2 aliphatic heterocycles. The minimum atomic E-state index is -1.03. The number of aliphatic imine (C=N–C) groups is 1. The lowest BCUT2D eigenvalue weighted by molar-refractivity contribution is -0.144. The molecule has 12 heteroatoms. The van der Waals surface area contributed by atoms with Gasteiger partial charge in [0.25, 0.3) is 5.91 Å². The number of urea groups is 1. The number of H-pyrrole nitrogens is 1. The number of nitrogens with two attached hydrogens (primary N) is 1. The summed E-state index contributed by atoms with van der Waals surface area (Å²) in [5, 5.41) is 16.0. The lowest BCUT2D eigenvalue weighted by Crippen LogP contribution is -2.73. The molecule has 0 aliphatic carbocycles. The van der Waals surface area contributed by atoms with Crippen LogP contribution in [0.25, 0.3) is 0 Å². The summed E-state index contributed by atoms with van der Waals surface area (Å²) in [7, 11) is 0. The number of amides is 3. The number of amidine groups is 1.